The molecule has 1 atom stereocenters. The van der Waals surface area contributed by atoms with Crippen LogP contribution in [0.3, 0.4) is 0 Å². The van der Waals surface area contributed by atoms with Gasteiger partial charge in [0.2, 0.25) is 0 Å². The van der Waals surface area contributed by atoms with Gasteiger partial charge in [-0.15, -0.1) is 11.3 Å². The van der Waals surface area contributed by atoms with E-state index in [1.54, 1.807) is 23.5 Å². The Hall–Kier alpha value is -1.19. The Morgan fingerprint density at radius 2 is 2.12 bits per heavy atom. The first-order valence-electron chi connectivity index (χ1n) is 5.69. The Morgan fingerprint density at radius 1 is 1.29 bits per heavy atom. The molecule has 1 heterocycles. The highest BCUT2D eigenvalue weighted by molar-refractivity contribution is 7.11. The van der Waals surface area contributed by atoms with Gasteiger partial charge in [-0.1, -0.05) is 12.1 Å². The van der Waals surface area contributed by atoms with Crippen LogP contribution in [-0.4, -0.2) is 0 Å². The van der Waals surface area contributed by atoms with Crippen LogP contribution in [0.15, 0.2) is 36.4 Å². The molecule has 3 heteroatoms. The van der Waals surface area contributed by atoms with E-state index in [1.165, 1.54) is 15.8 Å². The molecule has 2 rings (SSSR count). The molecule has 0 saturated carbocycles. The van der Waals surface area contributed by atoms with Crippen LogP contribution in [0.5, 0.6) is 0 Å². The van der Waals surface area contributed by atoms with Gasteiger partial charge >= 0.3 is 0 Å². The second-order valence-electron chi connectivity index (χ2n) is 4.17. The third-order valence-corrected chi connectivity index (χ3v) is 3.73. The first-order valence-corrected chi connectivity index (χ1v) is 6.51. The van der Waals surface area contributed by atoms with Crippen molar-refractivity contribution in [2.75, 3.05) is 0 Å². The van der Waals surface area contributed by atoms with Gasteiger partial charge in [0.25, 0.3) is 0 Å². The summed E-state index contributed by atoms with van der Waals surface area (Å²) in [5.41, 5.74) is 0.985. The van der Waals surface area contributed by atoms with E-state index in [0.29, 0.717) is 0 Å². The van der Waals surface area contributed by atoms with Gasteiger partial charge in [-0.05, 0) is 43.7 Å². The maximum absolute atomic E-state index is 13.1. The quantitative estimate of drug-likeness (QED) is 0.862. The molecule has 1 aromatic heterocycles. The van der Waals surface area contributed by atoms with Gasteiger partial charge in [0.1, 0.15) is 5.82 Å². The highest BCUT2D eigenvalue weighted by Gasteiger charge is 2.06. The van der Waals surface area contributed by atoms with Gasteiger partial charge in [0.15, 0.2) is 0 Å². The third-order valence-electron chi connectivity index (χ3n) is 2.73. The van der Waals surface area contributed by atoms with E-state index < -0.39 is 0 Å². The van der Waals surface area contributed by atoms with E-state index in [9.17, 15) is 4.39 Å². The summed E-state index contributed by atoms with van der Waals surface area (Å²) in [4.78, 5) is 2.63. The summed E-state index contributed by atoms with van der Waals surface area (Å²) >= 11 is 1.79. The molecule has 0 aliphatic rings. The van der Waals surface area contributed by atoms with Crippen molar-refractivity contribution in [3.8, 4) is 0 Å². The lowest BCUT2D eigenvalue weighted by Crippen LogP contribution is -2.17. The molecule has 1 N–H and O–H groups in total. The molecule has 0 radical (unpaired) electrons. The molecule has 17 heavy (non-hydrogen) atoms. The predicted octanol–water partition coefficient (Wildman–Crippen LogP) is 4.05. The number of nitrogens with one attached hydrogen (secondary N) is 1. The van der Waals surface area contributed by atoms with Crippen molar-refractivity contribution < 1.29 is 4.39 Å². The number of hydrogen-bond donors (Lipinski definition) is 1. The van der Waals surface area contributed by atoms with Crippen LogP contribution in [-0.2, 0) is 6.54 Å². The van der Waals surface area contributed by atoms with E-state index in [4.69, 9.17) is 0 Å². The summed E-state index contributed by atoms with van der Waals surface area (Å²) in [6, 6.07) is 11.2. The summed E-state index contributed by atoms with van der Waals surface area (Å²) < 4.78 is 13.1. The molecule has 0 bridgehead atoms. The second kappa shape index (κ2) is 5.43. The van der Waals surface area contributed by atoms with Gasteiger partial charge in [-0.3, -0.25) is 0 Å². The van der Waals surface area contributed by atoms with Crippen molar-refractivity contribution in [1.82, 2.24) is 5.32 Å². The Kier molecular flexibility index (Phi) is 3.92. The number of rotatable bonds is 4. The minimum atomic E-state index is -0.178. The average Bonchev–Trinajstić information content (AvgIpc) is 2.72. The van der Waals surface area contributed by atoms with Crippen LogP contribution in [0.2, 0.25) is 0 Å². The largest absolute Gasteiger partial charge is 0.305 e. The maximum atomic E-state index is 13.1. The van der Waals surface area contributed by atoms with Gasteiger partial charge in [0.05, 0.1) is 0 Å². The van der Waals surface area contributed by atoms with E-state index >= 15 is 0 Å². The Bertz CT molecular complexity index is 492. The lowest BCUT2D eigenvalue weighted by Gasteiger charge is -2.13. The lowest BCUT2D eigenvalue weighted by atomic mass is 10.1. The molecule has 0 spiro atoms. The van der Waals surface area contributed by atoms with Gasteiger partial charge in [0, 0.05) is 22.3 Å². The minimum absolute atomic E-state index is 0.160. The summed E-state index contributed by atoms with van der Waals surface area (Å²) in [6.45, 7) is 4.98. The standard InChI is InChI=1S/C14H16FNS/c1-10-6-7-14(17-10)9-16-11(2)12-4-3-5-13(15)8-12/h3-8,11,16H,9H2,1-2H3/t11-/m0/s1. The summed E-state index contributed by atoms with van der Waals surface area (Å²) in [5.74, 6) is -0.178. The fraction of sp³-hybridized carbons (Fsp3) is 0.286. The van der Waals surface area contributed by atoms with Gasteiger partial charge < -0.3 is 5.32 Å². The Balaban J connectivity index is 1.95. The molecule has 0 aliphatic carbocycles. The molecular formula is C14H16FNS. The zero-order valence-electron chi connectivity index (χ0n) is 10.0. The van der Waals surface area contributed by atoms with E-state index in [2.05, 4.69) is 31.3 Å². The number of benzene rings is 1. The van der Waals surface area contributed by atoms with Crippen molar-refractivity contribution in [3.63, 3.8) is 0 Å². The number of aryl methyl sites for hydroxylation is 1. The first kappa shape index (κ1) is 12.3. The second-order valence-corrected chi connectivity index (χ2v) is 5.54. The molecule has 0 amide bonds. The Labute approximate surface area is 105 Å². The van der Waals surface area contributed by atoms with Crippen LogP contribution in [0, 0.1) is 12.7 Å². The Morgan fingerprint density at radius 3 is 2.76 bits per heavy atom. The van der Waals surface area contributed by atoms with Crippen LogP contribution >= 0.6 is 11.3 Å². The number of thiophene rings is 1. The fourth-order valence-electron chi connectivity index (χ4n) is 1.73. The topological polar surface area (TPSA) is 12.0 Å². The van der Waals surface area contributed by atoms with E-state index in [-0.39, 0.29) is 11.9 Å². The van der Waals surface area contributed by atoms with Crippen molar-refractivity contribution in [1.29, 1.82) is 0 Å². The van der Waals surface area contributed by atoms with Crippen LogP contribution in [0.1, 0.15) is 28.3 Å². The first-order chi connectivity index (χ1) is 8.15. The van der Waals surface area contributed by atoms with E-state index in [0.717, 1.165) is 12.1 Å². The lowest BCUT2D eigenvalue weighted by molar-refractivity contribution is 0.568. The normalized spacial score (nSPS) is 12.6. The average molecular weight is 249 g/mol. The van der Waals surface area contributed by atoms with E-state index in [1.807, 2.05) is 6.07 Å². The smallest absolute Gasteiger partial charge is 0.123 e. The van der Waals surface area contributed by atoms with Crippen molar-refractivity contribution in [2.24, 2.45) is 0 Å². The molecule has 0 unspecified atom stereocenters. The number of hydrogen-bond acceptors (Lipinski definition) is 2. The summed E-state index contributed by atoms with van der Waals surface area (Å²) in [6.07, 6.45) is 0. The predicted molar refractivity (Wildman–Crippen MR) is 70.7 cm³/mol. The van der Waals surface area contributed by atoms with Crippen molar-refractivity contribution in [2.45, 2.75) is 26.4 Å². The SMILES string of the molecule is Cc1ccc(CN[C@@H](C)c2cccc(F)c2)s1. The number of halogens is 1. The molecule has 0 aliphatic heterocycles. The molecule has 0 saturated heterocycles. The maximum Gasteiger partial charge on any atom is 0.123 e. The zero-order chi connectivity index (χ0) is 12.3. The summed E-state index contributed by atoms with van der Waals surface area (Å²) in [7, 11) is 0. The van der Waals surface area contributed by atoms with Crippen molar-refractivity contribution >= 4 is 11.3 Å². The fourth-order valence-corrected chi connectivity index (χ4v) is 2.57. The zero-order valence-corrected chi connectivity index (χ0v) is 10.9. The van der Waals surface area contributed by atoms with Crippen LogP contribution in [0.25, 0.3) is 0 Å². The molecule has 2 aromatic rings. The minimum Gasteiger partial charge on any atom is -0.305 e. The molecule has 90 valence electrons. The highest BCUT2D eigenvalue weighted by atomic mass is 32.1. The van der Waals surface area contributed by atoms with Crippen molar-refractivity contribution in [3.05, 3.63) is 57.5 Å². The van der Waals surface area contributed by atoms with Gasteiger partial charge in [-0.2, -0.15) is 0 Å². The molecule has 0 fully saturated rings. The summed E-state index contributed by atoms with van der Waals surface area (Å²) in [5, 5.41) is 3.40. The molecule has 1 aromatic carbocycles. The van der Waals surface area contributed by atoms with Gasteiger partial charge in [-0.25, -0.2) is 4.39 Å². The highest BCUT2D eigenvalue weighted by Crippen LogP contribution is 2.18. The molecule has 1 nitrogen and oxygen atoms in total. The third kappa shape index (κ3) is 3.38. The van der Waals surface area contributed by atoms with Crippen LogP contribution < -0.4 is 5.32 Å². The monoisotopic (exact) mass is 249 g/mol. The van der Waals surface area contributed by atoms with Crippen LogP contribution in [0.4, 0.5) is 4.39 Å². The molecular weight excluding hydrogens is 233 g/mol.